The quantitative estimate of drug-likeness (QED) is 0.424. The summed E-state index contributed by atoms with van der Waals surface area (Å²) in [4.78, 5) is 4.61. The molecule has 0 saturated heterocycles. The van der Waals surface area contributed by atoms with Crippen molar-refractivity contribution in [2.75, 3.05) is 7.11 Å². The molecule has 0 fully saturated rings. The Hall–Kier alpha value is -1.51. The van der Waals surface area contributed by atoms with Crippen LogP contribution in [0, 0.1) is 13.8 Å². The summed E-state index contributed by atoms with van der Waals surface area (Å²) in [6.45, 7) is 4.04. The highest BCUT2D eigenvalue weighted by atomic mass is 16.6. The molecule has 0 aliphatic carbocycles. The van der Waals surface area contributed by atoms with Gasteiger partial charge in [0, 0.05) is 5.56 Å². The van der Waals surface area contributed by atoms with Gasteiger partial charge in [0.15, 0.2) is 5.84 Å². The number of nitrogens with two attached hydrogens (primary N) is 1. The minimum absolute atomic E-state index is 0.417. The van der Waals surface area contributed by atoms with E-state index in [0.717, 1.165) is 11.1 Å². The molecule has 0 bridgehead atoms. The standard InChI is InChI=1S/C10H14N2O/c1-7-4-5-9(8(2)6-7)10(11)12-13-3/h4-6H,1-3H3,(H2,11,12). The molecule has 0 aliphatic heterocycles. The van der Waals surface area contributed by atoms with Crippen molar-refractivity contribution in [1.82, 2.24) is 0 Å². The van der Waals surface area contributed by atoms with E-state index < -0.39 is 0 Å². The first kappa shape index (κ1) is 9.58. The molecule has 0 amide bonds. The summed E-state index contributed by atoms with van der Waals surface area (Å²) in [6.07, 6.45) is 0. The fraction of sp³-hybridized carbons (Fsp3) is 0.300. The lowest BCUT2D eigenvalue weighted by Crippen LogP contribution is -2.15. The van der Waals surface area contributed by atoms with Crippen LogP contribution in [0.5, 0.6) is 0 Å². The summed E-state index contributed by atoms with van der Waals surface area (Å²) in [6, 6.07) is 6.01. The van der Waals surface area contributed by atoms with Crippen LogP contribution in [-0.4, -0.2) is 12.9 Å². The Kier molecular flexibility index (Phi) is 2.90. The zero-order valence-electron chi connectivity index (χ0n) is 8.16. The molecule has 0 saturated carbocycles. The normalized spacial score (nSPS) is 11.5. The second kappa shape index (κ2) is 3.94. The van der Waals surface area contributed by atoms with E-state index in [9.17, 15) is 0 Å². The number of hydrogen-bond acceptors (Lipinski definition) is 2. The lowest BCUT2D eigenvalue weighted by Gasteiger charge is -2.04. The maximum atomic E-state index is 5.68. The van der Waals surface area contributed by atoms with Crippen molar-refractivity contribution in [3.05, 3.63) is 34.9 Å². The molecule has 0 radical (unpaired) electrons. The van der Waals surface area contributed by atoms with Crippen LogP contribution < -0.4 is 5.73 Å². The fourth-order valence-corrected chi connectivity index (χ4v) is 1.25. The third-order valence-electron chi connectivity index (χ3n) is 1.85. The van der Waals surface area contributed by atoms with Crippen LogP contribution >= 0.6 is 0 Å². The molecule has 0 unspecified atom stereocenters. The first-order chi connectivity index (χ1) is 6.15. The molecular weight excluding hydrogens is 164 g/mol. The zero-order chi connectivity index (χ0) is 9.84. The monoisotopic (exact) mass is 178 g/mol. The van der Waals surface area contributed by atoms with Gasteiger partial charge in [-0.25, -0.2) is 0 Å². The minimum Gasteiger partial charge on any atom is -0.397 e. The first-order valence-corrected chi connectivity index (χ1v) is 4.09. The van der Waals surface area contributed by atoms with Crippen molar-refractivity contribution in [3.8, 4) is 0 Å². The van der Waals surface area contributed by atoms with Crippen molar-refractivity contribution in [3.63, 3.8) is 0 Å². The molecule has 0 heterocycles. The summed E-state index contributed by atoms with van der Waals surface area (Å²) in [7, 11) is 1.48. The number of rotatable bonds is 2. The van der Waals surface area contributed by atoms with Gasteiger partial charge >= 0.3 is 0 Å². The van der Waals surface area contributed by atoms with Gasteiger partial charge in [-0.1, -0.05) is 28.9 Å². The maximum absolute atomic E-state index is 5.68. The van der Waals surface area contributed by atoms with E-state index in [1.807, 2.05) is 26.0 Å². The number of aryl methyl sites for hydroxylation is 2. The van der Waals surface area contributed by atoms with Crippen LogP contribution in [0.2, 0.25) is 0 Å². The average molecular weight is 178 g/mol. The van der Waals surface area contributed by atoms with Gasteiger partial charge in [0.2, 0.25) is 0 Å². The lowest BCUT2D eigenvalue weighted by molar-refractivity contribution is 0.213. The molecule has 1 rings (SSSR count). The van der Waals surface area contributed by atoms with Gasteiger partial charge in [0.25, 0.3) is 0 Å². The van der Waals surface area contributed by atoms with E-state index in [0.29, 0.717) is 5.84 Å². The first-order valence-electron chi connectivity index (χ1n) is 4.09. The van der Waals surface area contributed by atoms with Crippen LogP contribution in [-0.2, 0) is 4.84 Å². The van der Waals surface area contributed by atoms with Crippen molar-refractivity contribution < 1.29 is 4.84 Å². The molecule has 1 aromatic rings. The van der Waals surface area contributed by atoms with Crippen LogP contribution in [0.25, 0.3) is 0 Å². The number of oxime groups is 1. The zero-order valence-corrected chi connectivity index (χ0v) is 8.16. The van der Waals surface area contributed by atoms with Gasteiger partial charge in [-0.15, -0.1) is 0 Å². The summed E-state index contributed by atoms with van der Waals surface area (Å²) >= 11 is 0. The number of amidine groups is 1. The number of hydrogen-bond donors (Lipinski definition) is 1. The molecule has 3 nitrogen and oxygen atoms in total. The van der Waals surface area contributed by atoms with Gasteiger partial charge in [-0.2, -0.15) is 0 Å². The van der Waals surface area contributed by atoms with E-state index >= 15 is 0 Å². The number of benzene rings is 1. The lowest BCUT2D eigenvalue weighted by atomic mass is 10.1. The molecule has 13 heavy (non-hydrogen) atoms. The molecule has 3 heteroatoms. The van der Waals surface area contributed by atoms with E-state index in [2.05, 4.69) is 16.1 Å². The maximum Gasteiger partial charge on any atom is 0.170 e. The van der Waals surface area contributed by atoms with Crippen LogP contribution in [0.4, 0.5) is 0 Å². The number of nitrogens with zero attached hydrogens (tertiary/aromatic N) is 1. The Balaban J connectivity index is 3.09. The molecule has 70 valence electrons. The Morgan fingerprint density at radius 2 is 2.08 bits per heavy atom. The summed E-state index contributed by atoms with van der Waals surface area (Å²) in [5.41, 5.74) is 8.93. The third-order valence-corrected chi connectivity index (χ3v) is 1.85. The molecule has 0 spiro atoms. The van der Waals surface area contributed by atoms with Crippen molar-refractivity contribution in [2.24, 2.45) is 10.9 Å². The van der Waals surface area contributed by atoms with Crippen molar-refractivity contribution in [1.29, 1.82) is 0 Å². The van der Waals surface area contributed by atoms with Gasteiger partial charge in [-0.05, 0) is 19.4 Å². The predicted molar refractivity (Wildman–Crippen MR) is 53.6 cm³/mol. The highest BCUT2D eigenvalue weighted by Gasteiger charge is 2.02. The van der Waals surface area contributed by atoms with Gasteiger partial charge < -0.3 is 10.6 Å². The second-order valence-corrected chi connectivity index (χ2v) is 2.98. The molecule has 0 atom stereocenters. The Bertz CT molecular complexity index is 332. The predicted octanol–water partition coefficient (Wildman–Crippen LogP) is 1.57. The van der Waals surface area contributed by atoms with E-state index in [1.165, 1.54) is 12.7 Å². The van der Waals surface area contributed by atoms with Crippen LogP contribution in [0.1, 0.15) is 16.7 Å². The highest BCUT2D eigenvalue weighted by Crippen LogP contribution is 2.09. The van der Waals surface area contributed by atoms with Crippen molar-refractivity contribution in [2.45, 2.75) is 13.8 Å². The molecule has 0 aromatic heterocycles. The van der Waals surface area contributed by atoms with E-state index in [1.54, 1.807) is 0 Å². The average Bonchev–Trinajstić information content (AvgIpc) is 2.04. The van der Waals surface area contributed by atoms with E-state index in [4.69, 9.17) is 5.73 Å². The summed E-state index contributed by atoms with van der Waals surface area (Å²) in [5, 5.41) is 3.68. The van der Waals surface area contributed by atoms with Crippen LogP contribution in [0.15, 0.2) is 23.4 Å². The van der Waals surface area contributed by atoms with Gasteiger partial charge in [-0.3, -0.25) is 0 Å². The highest BCUT2D eigenvalue weighted by molar-refractivity contribution is 5.98. The van der Waals surface area contributed by atoms with Crippen molar-refractivity contribution >= 4 is 5.84 Å². The Morgan fingerprint density at radius 1 is 1.38 bits per heavy atom. The SMILES string of the molecule is CON=C(N)c1ccc(C)cc1C. The Morgan fingerprint density at radius 3 is 2.62 bits per heavy atom. The Labute approximate surface area is 78.2 Å². The largest absolute Gasteiger partial charge is 0.397 e. The summed E-state index contributed by atoms with van der Waals surface area (Å²) in [5.74, 6) is 0.417. The fourth-order valence-electron chi connectivity index (χ4n) is 1.25. The topological polar surface area (TPSA) is 47.6 Å². The van der Waals surface area contributed by atoms with Crippen LogP contribution in [0.3, 0.4) is 0 Å². The second-order valence-electron chi connectivity index (χ2n) is 2.98. The molecule has 1 aromatic carbocycles. The minimum atomic E-state index is 0.417. The smallest absolute Gasteiger partial charge is 0.170 e. The molecule has 0 aliphatic rings. The molecular formula is C10H14N2O. The summed E-state index contributed by atoms with van der Waals surface area (Å²) < 4.78 is 0. The van der Waals surface area contributed by atoms with E-state index in [-0.39, 0.29) is 0 Å². The van der Waals surface area contributed by atoms with Gasteiger partial charge in [0.05, 0.1) is 0 Å². The third kappa shape index (κ3) is 2.21. The van der Waals surface area contributed by atoms with Gasteiger partial charge in [0.1, 0.15) is 7.11 Å². The molecule has 2 N–H and O–H groups in total.